The highest BCUT2D eigenvalue weighted by Gasteiger charge is 2.21. The zero-order valence-corrected chi connectivity index (χ0v) is 18.3. The Morgan fingerprint density at radius 1 is 1.03 bits per heavy atom. The number of hydrogen-bond acceptors (Lipinski definition) is 5. The summed E-state index contributed by atoms with van der Waals surface area (Å²) in [7, 11) is 0. The van der Waals surface area contributed by atoms with E-state index in [1.54, 1.807) is 12.4 Å². The number of aromatic amines is 1. The number of nitrogens with one attached hydrogen (secondary N) is 1. The van der Waals surface area contributed by atoms with E-state index in [-0.39, 0.29) is 5.56 Å². The first kappa shape index (κ1) is 19.8. The van der Waals surface area contributed by atoms with E-state index in [2.05, 4.69) is 41.8 Å². The molecule has 0 radical (unpaired) electrons. The van der Waals surface area contributed by atoms with Gasteiger partial charge in [0.15, 0.2) is 0 Å². The number of halogens is 1. The van der Waals surface area contributed by atoms with Crippen LogP contribution in [-0.4, -0.2) is 31.4 Å². The van der Waals surface area contributed by atoms with Gasteiger partial charge in [0.1, 0.15) is 5.82 Å². The lowest BCUT2D eigenvalue weighted by Gasteiger charge is -2.27. The average molecular weight is 474 g/mol. The highest BCUT2D eigenvalue weighted by atomic mass is 79.9. The molecule has 0 aliphatic carbocycles. The molecule has 0 atom stereocenters. The standard InChI is InChI=1S/C24H20BrN5O/c25-19-6-4-17(5-7-19)21-8-3-16(12-27-21)14-30-11-9-22-20(15-30)24(31)29-23(28-22)18-2-1-10-26-13-18/h1-8,10,12-13H,9,11,14-15H2,(H,28,29,31). The number of pyridine rings is 2. The van der Waals surface area contributed by atoms with Gasteiger partial charge in [0, 0.05) is 60.2 Å². The molecule has 154 valence electrons. The molecule has 1 N–H and O–H groups in total. The fourth-order valence-corrected chi connectivity index (χ4v) is 4.09. The van der Waals surface area contributed by atoms with Crippen molar-refractivity contribution in [3.05, 3.63) is 98.8 Å². The SMILES string of the molecule is O=c1[nH]c(-c2cccnc2)nc2c1CN(Cc1ccc(-c3ccc(Br)cc3)nc1)CC2. The van der Waals surface area contributed by atoms with Gasteiger partial charge in [0.05, 0.1) is 17.0 Å². The molecule has 5 rings (SSSR count). The second-order valence-electron chi connectivity index (χ2n) is 7.60. The van der Waals surface area contributed by atoms with Gasteiger partial charge < -0.3 is 4.98 Å². The van der Waals surface area contributed by atoms with Gasteiger partial charge in [0.2, 0.25) is 0 Å². The number of benzene rings is 1. The minimum Gasteiger partial charge on any atom is -0.306 e. The predicted molar refractivity (Wildman–Crippen MR) is 123 cm³/mol. The lowest BCUT2D eigenvalue weighted by atomic mass is 10.1. The summed E-state index contributed by atoms with van der Waals surface area (Å²) in [5, 5.41) is 0. The maximum absolute atomic E-state index is 12.7. The highest BCUT2D eigenvalue weighted by molar-refractivity contribution is 9.10. The van der Waals surface area contributed by atoms with E-state index < -0.39 is 0 Å². The van der Waals surface area contributed by atoms with E-state index >= 15 is 0 Å². The molecule has 1 aliphatic heterocycles. The summed E-state index contributed by atoms with van der Waals surface area (Å²) in [4.78, 5) is 31.3. The number of fused-ring (bicyclic) bond motifs is 1. The van der Waals surface area contributed by atoms with E-state index in [1.807, 2.05) is 48.7 Å². The molecular weight excluding hydrogens is 454 g/mol. The van der Waals surface area contributed by atoms with Crippen LogP contribution in [0.2, 0.25) is 0 Å². The van der Waals surface area contributed by atoms with E-state index in [1.165, 1.54) is 0 Å². The van der Waals surface area contributed by atoms with Crippen LogP contribution in [0, 0.1) is 0 Å². The van der Waals surface area contributed by atoms with E-state index in [0.29, 0.717) is 12.4 Å². The first-order chi connectivity index (χ1) is 15.2. The van der Waals surface area contributed by atoms with Crippen LogP contribution in [-0.2, 0) is 19.5 Å². The van der Waals surface area contributed by atoms with Gasteiger partial charge in [-0.3, -0.25) is 19.7 Å². The van der Waals surface area contributed by atoms with Crippen LogP contribution < -0.4 is 5.56 Å². The van der Waals surface area contributed by atoms with Crippen molar-refractivity contribution < 1.29 is 0 Å². The molecule has 7 heteroatoms. The fourth-order valence-electron chi connectivity index (χ4n) is 3.82. The first-order valence-electron chi connectivity index (χ1n) is 10.1. The van der Waals surface area contributed by atoms with Gasteiger partial charge in [-0.1, -0.05) is 34.1 Å². The minimum atomic E-state index is -0.0720. The van der Waals surface area contributed by atoms with Crippen LogP contribution in [0.3, 0.4) is 0 Å². The third kappa shape index (κ3) is 4.33. The molecule has 6 nitrogen and oxygen atoms in total. The number of hydrogen-bond donors (Lipinski definition) is 1. The maximum Gasteiger partial charge on any atom is 0.255 e. The smallest absolute Gasteiger partial charge is 0.255 e. The van der Waals surface area contributed by atoms with Crippen LogP contribution in [0.4, 0.5) is 0 Å². The third-order valence-electron chi connectivity index (χ3n) is 5.45. The molecule has 1 aliphatic rings. The Bertz CT molecular complexity index is 1250. The Morgan fingerprint density at radius 2 is 1.90 bits per heavy atom. The van der Waals surface area contributed by atoms with Gasteiger partial charge in [0.25, 0.3) is 5.56 Å². The zero-order valence-electron chi connectivity index (χ0n) is 16.8. The van der Waals surface area contributed by atoms with Crippen molar-refractivity contribution in [2.45, 2.75) is 19.5 Å². The maximum atomic E-state index is 12.7. The van der Waals surface area contributed by atoms with Crippen molar-refractivity contribution in [1.29, 1.82) is 0 Å². The van der Waals surface area contributed by atoms with Gasteiger partial charge in [-0.15, -0.1) is 0 Å². The molecule has 0 spiro atoms. The molecule has 0 fully saturated rings. The number of nitrogens with zero attached hydrogens (tertiary/aromatic N) is 4. The molecule has 0 saturated heterocycles. The fraction of sp³-hybridized carbons (Fsp3) is 0.167. The number of rotatable bonds is 4. The van der Waals surface area contributed by atoms with Crippen molar-refractivity contribution in [1.82, 2.24) is 24.8 Å². The molecule has 31 heavy (non-hydrogen) atoms. The van der Waals surface area contributed by atoms with Crippen molar-refractivity contribution in [2.75, 3.05) is 6.54 Å². The molecule has 4 aromatic rings. The van der Waals surface area contributed by atoms with Crippen molar-refractivity contribution in [3.8, 4) is 22.6 Å². The third-order valence-corrected chi connectivity index (χ3v) is 5.98. The first-order valence-corrected chi connectivity index (χ1v) is 10.9. The van der Waals surface area contributed by atoms with Crippen LogP contribution in [0.5, 0.6) is 0 Å². The zero-order chi connectivity index (χ0) is 21.2. The summed E-state index contributed by atoms with van der Waals surface area (Å²) in [5.74, 6) is 0.582. The van der Waals surface area contributed by atoms with Gasteiger partial charge in [-0.25, -0.2) is 4.98 Å². The second-order valence-corrected chi connectivity index (χ2v) is 8.52. The molecule has 4 heterocycles. The van der Waals surface area contributed by atoms with Crippen molar-refractivity contribution in [2.24, 2.45) is 0 Å². The summed E-state index contributed by atoms with van der Waals surface area (Å²) in [6.07, 6.45) is 6.08. The Labute approximate surface area is 188 Å². The summed E-state index contributed by atoms with van der Waals surface area (Å²) in [5.41, 5.74) is 5.54. The highest BCUT2D eigenvalue weighted by Crippen LogP contribution is 2.22. The quantitative estimate of drug-likeness (QED) is 0.480. The Balaban J connectivity index is 1.31. The Hall–Kier alpha value is -3.16. The topological polar surface area (TPSA) is 74.8 Å². The molecule has 1 aromatic carbocycles. The molecule has 3 aromatic heterocycles. The lowest BCUT2D eigenvalue weighted by molar-refractivity contribution is 0.241. The summed E-state index contributed by atoms with van der Waals surface area (Å²) in [6.45, 7) is 2.18. The molecule has 0 unspecified atom stereocenters. The number of H-pyrrole nitrogens is 1. The number of aromatic nitrogens is 4. The predicted octanol–water partition coefficient (Wildman–Crippen LogP) is 4.21. The monoisotopic (exact) mass is 473 g/mol. The van der Waals surface area contributed by atoms with E-state index in [0.717, 1.165) is 57.6 Å². The summed E-state index contributed by atoms with van der Waals surface area (Å²) < 4.78 is 1.05. The Kier molecular flexibility index (Phi) is 5.44. The van der Waals surface area contributed by atoms with Crippen molar-refractivity contribution >= 4 is 15.9 Å². The van der Waals surface area contributed by atoms with Gasteiger partial charge in [-0.2, -0.15) is 0 Å². The van der Waals surface area contributed by atoms with Gasteiger partial charge >= 0.3 is 0 Å². The average Bonchev–Trinajstić information content (AvgIpc) is 2.81. The second kappa shape index (κ2) is 8.53. The van der Waals surface area contributed by atoms with E-state index in [4.69, 9.17) is 4.98 Å². The largest absolute Gasteiger partial charge is 0.306 e. The van der Waals surface area contributed by atoms with Crippen LogP contribution in [0.15, 0.2) is 76.4 Å². The Morgan fingerprint density at radius 3 is 2.65 bits per heavy atom. The molecule has 0 saturated carbocycles. The van der Waals surface area contributed by atoms with Crippen molar-refractivity contribution in [3.63, 3.8) is 0 Å². The summed E-state index contributed by atoms with van der Waals surface area (Å²) in [6, 6.07) is 16.0. The minimum absolute atomic E-state index is 0.0720. The van der Waals surface area contributed by atoms with E-state index in [9.17, 15) is 4.79 Å². The lowest BCUT2D eigenvalue weighted by Crippen LogP contribution is -2.35. The molecule has 0 bridgehead atoms. The molecule has 0 amide bonds. The summed E-state index contributed by atoms with van der Waals surface area (Å²) >= 11 is 3.46. The normalized spacial score (nSPS) is 13.7. The van der Waals surface area contributed by atoms with Crippen LogP contribution >= 0.6 is 15.9 Å². The van der Waals surface area contributed by atoms with Crippen LogP contribution in [0.1, 0.15) is 16.8 Å². The van der Waals surface area contributed by atoms with Crippen LogP contribution in [0.25, 0.3) is 22.6 Å². The molecular formula is C24H20BrN5O. The van der Waals surface area contributed by atoms with Gasteiger partial charge in [-0.05, 0) is 35.9 Å².